The number of ether oxygens (including phenoxy) is 1. The third kappa shape index (κ3) is 5.14. The molecule has 1 amide bonds. The van der Waals surface area contributed by atoms with Gasteiger partial charge in [-0.2, -0.15) is 0 Å². The maximum Gasteiger partial charge on any atom is 0.328 e. The first-order chi connectivity index (χ1) is 16.1. The minimum atomic E-state index is -0.979. The Labute approximate surface area is 193 Å². The van der Waals surface area contributed by atoms with Gasteiger partial charge in [0.25, 0.3) is 0 Å². The van der Waals surface area contributed by atoms with Crippen molar-refractivity contribution >= 4 is 23.6 Å². The van der Waals surface area contributed by atoms with Crippen molar-refractivity contribution in [3.05, 3.63) is 102 Å². The molecule has 1 aliphatic heterocycles. The zero-order valence-electron chi connectivity index (χ0n) is 18.6. The number of rotatable bonds is 9. The SMILES string of the molecule is COc1ccc(N2C(=O)[C@@H](CCCc3ccccc3)[C@@H]2c2ccc(C=CC(=O)O)cc2)cc1. The highest BCUT2D eigenvalue weighted by Crippen LogP contribution is 2.46. The Hall–Kier alpha value is -3.86. The summed E-state index contributed by atoms with van der Waals surface area (Å²) in [4.78, 5) is 25.9. The van der Waals surface area contributed by atoms with Crippen LogP contribution in [0.1, 0.15) is 35.6 Å². The van der Waals surface area contributed by atoms with Gasteiger partial charge in [-0.1, -0.05) is 54.6 Å². The van der Waals surface area contributed by atoms with Crippen molar-refractivity contribution in [2.24, 2.45) is 5.92 Å². The molecule has 5 heteroatoms. The summed E-state index contributed by atoms with van der Waals surface area (Å²) in [5.41, 5.74) is 3.98. The second-order valence-electron chi connectivity index (χ2n) is 8.17. The van der Waals surface area contributed by atoms with Crippen molar-refractivity contribution in [3.8, 4) is 5.75 Å². The second-order valence-corrected chi connectivity index (χ2v) is 8.17. The summed E-state index contributed by atoms with van der Waals surface area (Å²) >= 11 is 0. The van der Waals surface area contributed by atoms with E-state index in [0.29, 0.717) is 0 Å². The molecular formula is C28H27NO4. The van der Waals surface area contributed by atoms with Gasteiger partial charge in [-0.25, -0.2) is 4.79 Å². The molecule has 0 unspecified atom stereocenters. The van der Waals surface area contributed by atoms with Gasteiger partial charge in [0.1, 0.15) is 5.75 Å². The van der Waals surface area contributed by atoms with Crippen LogP contribution in [0, 0.1) is 5.92 Å². The number of anilines is 1. The lowest BCUT2D eigenvalue weighted by Crippen LogP contribution is -2.55. The van der Waals surface area contributed by atoms with Crippen molar-refractivity contribution in [3.63, 3.8) is 0 Å². The summed E-state index contributed by atoms with van der Waals surface area (Å²) in [7, 11) is 1.62. The molecule has 1 aliphatic rings. The van der Waals surface area contributed by atoms with Crippen molar-refractivity contribution in [1.29, 1.82) is 0 Å². The van der Waals surface area contributed by atoms with Crippen LogP contribution in [-0.2, 0) is 16.0 Å². The lowest BCUT2D eigenvalue weighted by atomic mass is 9.78. The number of aliphatic carboxylic acids is 1. The van der Waals surface area contributed by atoms with Crippen LogP contribution in [-0.4, -0.2) is 24.1 Å². The van der Waals surface area contributed by atoms with Gasteiger partial charge >= 0.3 is 5.97 Å². The van der Waals surface area contributed by atoms with Gasteiger partial charge in [0.15, 0.2) is 0 Å². The molecule has 1 fully saturated rings. The van der Waals surface area contributed by atoms with Crippen LogP contribution in [0.2, 0.25) is 0 Å². The fourth-order valence-electron chi connectivity index (χ4n) is 4.38. The van der Waals surface area contributed by atoms with Gasteiger partial charge < -0.3 is 14.7 Å². The zero-order chi connectivity index (χ0) is 23.2. The highest BCUT2D eigenvalue weighted by atomic mass is 16.5. The minimum Gasteiger partial charge on any atom is -0.497 e. The van der Waals surface area contributed by atoms with Gasteiger partial charge in [-0.15, -0.1) is 0 Å². The highest BCUT2D eigenvalue weighted by molar-refractivity contribution is 6.03. The standard InChI is InChI=1S/C28H27NO4/c1-33-24-17-15-23(16-18-24)29-27(22-13-10-21(11-14-22)12-19-26(30)31)25(28(29)32)9-5-8-20-6-3-2-4-7-20/h2-4,6-7,10-19,25,27H,5,8-9H2,1H3,(H,30,31)/t25-,27-/m0/s1. The molecule has 0 aliphatic carbocycles. The lowest BCUT2D eigenvalue weighted by molar-refractivity contribution is -0.132. The topological polar surface area (TPSA) is 66.8 Å². The zero-order valence-corrected chi connectivity index (χ0v) is 18.6. The van der Waals surface area contributed by atoms with E-state index in [2.05, 4.69) is 12.1 Å². The van der Waals surface area contributed by atoms with E-state index in [1.54, 1.807) is 13.2 Å². The van der Waals surface area contributed by atoms with Crippen LogP contribution in [0.5, 0.6) is 5.75 Å². The van der Waals surface area contributed by atoms with E-state index >= 15 is 0 Å². The van der Waals surface area contributed by atoms with Crippen molar-refractivity contribution in [2.75, 3.05) is 12.0 Å². The minimum absolute atomic E-state index is 0.0563. The summed E-state index contributed by atoms with van der Waals surface area (Å²) in [6.45, 7) is 0. The van der Waals surface area contributed by atoms with Gasteiger partial charge in [0, 0.05) is 11.8 Å². The third-order valence-corrected chi connectivity index (χ3v) is 6.08. The molecular weight excluding hydrogens is 414 g/mol. The van der Waals surface area contributed by atoms with Crippen LogP contribution in [0.15, 0.2) is 84.9 Å². The first-order valence-electron chi connectivity index (χ1n) is 11.1. The number of carboxylic acids is 1. The van der Waals surface area contributed by atoms with E-state index in [0.717, 1.165) is 47.9 Å². The normalized spacial score (nSPS) is 17.7. The molecule has 0 bridgehead atoms. The molecule has 0 spiro atoms. The van der Waals surface area contributed by atoms with E-state index in [1.165, 1.54) is 5.56 Å². The number of β-lactam (4-membered cyclic amide) rings is 1. The maximum absolute atomic E-state index is 13.2. The first kappa shape index (κ1) is 22.3. The number of benzene rings is 3. The van der Waals surface area contributed by atoms with Gasteiger partial charge in [0.05, 0.1) is 19.1 Å². The maximum atomic E-state index is 13.2. The molecule has 5 nitrogen and oxygen atoms in total. The summed E-state index contributed by atoms with van der Waals surface area (Å²) < 4.78 is 5.26. The van der Waals surface area contributed by atoms with Crippen LogP contribution in [0.3, 0.4) is 0 Å². The molecule has 0 saturated carbocycles. The molecule has 1 heterocycles. The fourth-order valence-corrected chi connectivity index (χ4v) is 4.38. The Kier molecular flexibility index (Phi) is 6.89. The molecule has 0 aromatic heterocycles. The van der Waals surface area contributed by atoms with Gasteiger partial charge in [-0.3, -0.25) is 4.79 Å². The van der Waals surface area contributed by atoms with E-state index in [4.69, 9.17) is 9.84 Å². The molecule has 33 heavy (non-hydrogen) atoms. The first-order valence-corrected chi connectivity index (χ1v) is 11.1. The van der Waals surface area contributed by atoms with Crippen LogP contribution < -0.4 is 9.64 Å². The molecule has 3 aromatic rings. The van der Waals surface area contributed by atoms with E-state index in [9.17, 15) is 9.59 Å². The molecule has 1 N–H and O–H groups in total. The quantitative estimate of drug-likeness (QED) is 0.351. The Morgan fingerprint density at radius 2 is 1.70 bits per heavy atom. The summed E-state index contributed by atoms with van der Waals surface area (Å²) in [6, 6.07) is 25.6. The summed E-state index contributed by atoms with van der Waals surface area (Å²) in [6.07, 6.45) is 5.38. The van der Waals surface area contributed by atoms with Crippen molar-refractivity contribution in [1.82, 2.24) is 0 Å². The van der Waals surface area contributed by atoms with Crippen molar-refractivity contribution < 1.29 is 19.4 Å². The van der Waals surface area contributed by atoms with E-state index in [1.807, 2.05) is 71.6 Å². The Bertz CT molecular complexity index is 1120. The smallest absolute Gasteiger partial charge is 0.328 e. The molecule has 3 aromatic carbocycles. The average molecular weight is 442 g/mol. The molecule has 1 saturated heterocycles. The Morgan fingerprint density at radius 1 is 1.00 bits per heavy atom. The van der Waals surface area contributed by atoms with Crippen LogP contribution in [0.4, 0.5) is 5.69 Å². The number of carbonyl (C=O) groups excluding carboxylic acids is 1. The molecule has 4 rings (SSSR count). The van der Waals surface area contributed by atoms with Gasteiger partial charge in [-0.05, 0) is 66.3 Å². The highest BCUT2D eigenvalue weighted by Gasteiger charge is 2.48. The lowest BCUT2D eigenvalue weighted by Gasteiger charge is -2.47. The number of hydrogen-bond acceptors (Lipinski definition) is 3. The van der Waals surface area contributed by atoms with E-state index in [-0.39, 0.29) is 17.9 Å². The largest absolute Gasteiger partial charge is 0.497 e. The summed E-state index contributed by atoms with van der Waals surface area (Å²) in [5, 5.41) is 8.85. The van der Waals surface area contributed by atoms with Crippen LogP contribution >= 0.6 is 0 Å². The average Bonchev–Trinajstić information content (AvgIpc) is 2.85. The molecule has 2 atom stereocenters. The Morgan fingerprint density at radius 3 is 2.33 bits per heavy atom. The third-order valence-electron chi connectivity index (χ3n) is 6.08. The summed E-state index contributed by atoms with van der Waals surface area (Å²) in [5.74, 6) is -0.186. The number of hydrogen-bond donors (Lipinski definition) is 1. The molecule has 168 valence electrons. The van der Waals surface area contributed by atoms with Crippen molar-refractivity contribution in [2.45, 2.75) is 25.3 Å². The van der Waals surface area contributed by atoms with Crippen LogP contribution in [0.25, 0.3) is 6.08 Å². The predicted octanol–water partition coefficient (Wildman–Crippen LogP) is 5.52. The van der Waals surface area contributed by atoms with Gasteiger partial charge in [0.2, 0.25) is 5.91 Å². The second kappa shape index (κ2) is 10.2. The Balaban J connectivity index is 1.54. The number of carboxylic acid groups (broad SMARTS) is 1. The molecule has 0 radical (unpaired) electrons. The number of amides is 1. The number of carbonyl (C=O) groups is 2. The number of aryl methyl sites for hydroxylation is 1. The predicted molar refractivity (Wildman–Crippen MR) is 129 cm³/mol. The van der Waals surface area contributed by atoms with E-state index < -0.39 is 5.97 Å². The monoisotopic (exact) mass is 441 g/mol. The number of methoxy groups -OCH3 is 1. The number of nitrogens with zero attached hydrogens (tertiary/aromatic N) is 1. The fraction of sp³-hybridized carbons (Fsp3) is 0.214.